The van der Waals surface area contributed by atoms with Crippen LogP contribution in [0.4, 0.5) is 0 Å². The third-order valence-corrected chi connectivity index (χ3v) is 4.17. The molecule has 1 unspecified atom stereocenters. The van der Waals surface area contributed by atoms with E-state index in [0.29, 0.717) is 13.0 Å². The molecule has 0 aromatic rings. The van der Waals surface area contributed by atoms with Crippen molar-refractivity contribution in [2.75, 3.05) is 20.3 Å². The number of rotatable bonds is 2. The number of esters is 1. The minimum atomic E-state index is -1.01. The SMILES string of the molecule is COC(=O)C1(C2(O)CCOC2)CCCCC1. The van der Waals surface area contributed by atoms with Gasteiger partial charge in [0, 0.05) is 13.0 Å². The van der Waals surface area contributed by atoms with E-state index in [1.165, 1.54) is 7.11 Å². The fraction of sp³-hybridized carbons (Fsp3) is 0.917. The minimum absolute atomic E-state index is 0.264. The maximum atomic E-state index is 12.0. The van der Waals surface area contributed by atoms with Crippen molar-refractivity contribution in [1.29, 1.82) is 0 Å². The molecule has 16 heavy (non-hydrogen) atoms. The lowest BCUT2D eigenvalue weighted by atomic mass is 9.63. The Morgan fingerprint density at radius 3 is 2.44 bits per heavy atom. The molecule has 0 aromatic carbocycles. The molecule has 2 fully saturated rings. The minimum Gasteiger partial charge on any atom is -0.469 e. The van der Waals surface area contributed by atoms with Crippen LogP contribution in [-0.4, -0.2) is 37.0 Å². The molecule has 4 heteroatoms. The van der Waals surface area contributed by atoms with Crippen LogP contribution in [-0.2, 0) is 14.3 Å². The molecule has 92 valence electrons. The number of methoxy groups -OCH3 is 1. The highest BCUT2D eigenvalue weighted by molar-refractivity contribution is 5.78. The van der Waals surface area contributed by atoms with Gasteiger partial charge >= 0.3 is 5.97 Å². The first-order chi connectivity index (χ1) is 7.65. The summed E-state index contributed by atoms with van der Waals surface area (Å²) < 4.78 is 10.2. The summed E-state index contributed by atoms with van der Waals surface area (Å²) in [5, 5.41) is 10.6. The largest absolute Gasteiger partial charge is 0.469 e. The van der Waals surface area contributed by atoms with Crippen LogP contribution in [0.5, 0.6) is 0 Å². The third kappa shape index (κ3) is 1.64. The summed E-state index contributed by atoms with van der Waals surface area (Å²) in [4.78, 5) is 12.0. The molecule has 0 bridgehead atoms. The van der Waals surface area contributed by atoms with Crippen molar-refractivity contribution in [1.82, 2.24) is 0 Å². The van der Waals surface area contributed by atoms with Crippen molar-refractivity contribution >= 4 is 5.97 Å². The first-order valence-corrected chi connectivity index (χ1v) is 6.03. The molecule has 1 aliphatic carbocycles. The molecule has 1 atom stereocenters. The smallest absolute Gasteiger partial charge is 0.314 e. The van der Waals surface area contributed by atoms with Gasteiger partial charge in [0.05, 0.1) is 19.1 Å². The maximum absolute atomic E-state index is 12.0. The van der Waals surface area contributed by atoms with Crippen LogP contribution in [0.1, 0.15) is 38.5 Å². The third-order valence-electron chi connectivity index (χ3n) is 4.17. The predicted octanol–water partition coefficient (Wildman–Crippen LogP) is 1.26. The summed E-state index contributed by atoms with van der Waals surface area (Å²) in [6.45, 7) is 0.803. The van der Waals surface area contributed by atoms with Crippen molar-refractivity contribution in [3.63, 3.8) is 0 Å². The zero-order valence-corrected chi connectivity index (χ0v) is 9.83. The molecular weight excluding hydrogens is 208 g/mol. The van der Waals surface area contributed by atoms with E-state index >= 15 is 0 Å². The van der Waals surface area contributed by atoms with Gasteiger partial charge in [-0.25, -0.2) is 0 Å². The molecule has 0 spiro atoms. The fourth-order valence-electron chi connectivity index (χ4n) is 3.14. The van der Waals surface area contributed by atoms with E-state index in [4.69, 9.17) is 9.47 Å². The van der Waals surface area contributed by atoms with Crippen LogP contribution in [0.3, 0.4) is 0 Å². The second kappa shape index (κ2) is 4.34. The Kier molecular flexibility index (Phi) is 3.22. The van der Waals surface area contributed by atoms with E-state index in [2.05, 4.69) is 0 Å². The normalized spacial score (nSPS) is 33.6. The highest BCUT2D eigenvalue weighted by Gasteiger charge is 2.58. The second-order valence-electron chi connectivity index (χ2n) is 4.97. The Balaban J connectivity index is 2.28. The Labute approximate surface area is 95.9 Å². The molecule has 2 rings (SSSR count). The van der Waals surface area contributed by atoms with Crippen LogP contribution in [0.25, 0.3) is 0 Å². The molecule has 2 aliphatic rings. The average molecular weight is 228 g/mol. The van der Waals surface area contributed by atoms with Gasteiger partial charge in [-0.1, -0.05) is 19.3 Å². The predicted molar refractivity (Wildman–Crippen MR) is 57.9 cm³/mol. The summed E-state index contributed by atoms with van der Waals surface area (Å²) in [6.07, 6.45) is 5.09. The quantitative estimate of drug-likeness (QED) is 0.723. The van der Waals surface area contributed by atoms with Crippen molar-refractivity contribution in [3.05, 3.63) is 0 Å². The summed E-state index contributed by atoms with van der Waals surface area (Å²) in [5.41, 5.74) is -1.74. The van der Waals surface area contributed by atoms with E-state index < -0.39 is 11.0 Å². The van der Waals surface area contributed by atoms with Gasteiger partial charge in [0.1, 0.15) is 5.60 Å². The molecule has 1 aliphatic heterocycles. The van der Waals surface area contributed by atoms with Crippen LogP contribution < -0.4 is 0 Å². The summed E-state index contributed by atoms with van der Waals surface area (Å²) in [6, 6.07) is 0. The van der Waals surface area contributed by atoms with E-state index in [9.17, 15) is 9.90 Å². The van der Waals surface area contributed by atoms with Crippen molar-refractivity contribution in [2.45, 2.75) is 44.1 Å². The molecule has 0 amide bonds. The van der Waals surface area contributed by atoms with Gasteiger partial charge in [0.2, 0.25) is 0 Å². The second-order valence-corrected chi connectivity index (χ2v) is 4.97. The number of carbonyl (C=O) groups is 1. The fourth-order valence-corrected chi connectivity index (χ4v) is 3.14. The van der Waals surface area contributed by atoms with Gasteiger partial charge in [-0.05, 0) is 12.8 Å². The van der Waals surface area contributed by atoms with Gasteiger partial charge in [0.25, 0.3) is 0 Å². The lowest BCUT2D eigenvalue weighted by Gasteiger charge is -2.44. The Morgan fingerprint density at radius 2 is 1.94 bits per heavy atom. The van der Waals surface area contributed by atoms with Crippen molar-refractivity contribution in [2.24, 2.45) is 5.41 Å². The van der Waals surface area contributed by atoms with Crippen LogP contribution >= 0.6 is 0 Å². The van der Waals surface area contributed by atoms with Gasteiger partial charge in [-0.3, -0.25) is 4.79 Å². The first-order valence-electron chi connectivity index (χ1n) is 6.03. The molecule has 1 heterocycles. The van der Waals surface area contributed by atoms with Crippen molar-refractivity contribution in [3.8, 4) is 0 Å². The van der Waals surface area contributed by atoms with Crippen LogP contribution in [0, 0.1) is 5.41 Å². The van der Waals surface area contributed by atoms with Crippen LogP contribution in [0.15, 0.2) is 0 Å². The summed E-state index contributed by atoms with van der Waals surface area (Å²) in [5.74, 6) is -0.264. The molecule has 0 radical (unpaired) electrons. The lowest BCUT2D eigenvalue weighted by molar-refractivity contribution is -0.179. The van der Waals surface area contributed by atoms with Gasteiger partial charge in [-0.2, -0.15) is 0 Å². The molecule has 1 saturated carbocycles. The van der Waals surface area contributed by atoms with E-state index in [0.717, 1.165) is 32.1 Å². The molecule has 0 aromatic heterocycles. The summed E-state index contributed by atoms with van der Waals surface area (Å²) in [7, 11) is 1.40. The van der Waals surface area contributed by atoms with Crippen LogP contribution in [0.2, 0.25) is 0 Å². The Morgan fingerprint density at radius 1 is 1.25 bits per heavy atom. The van der Waals surface area contributed by atoms with Gasteiger partial charge in [0.15, 0.2) is 0 Å². The highest BCUT2D eigenvalue weighted by Crippen LogP contribution is 2.49. The van der Waals surface area contributed by atoms with Gasteiger partial charge < -0.3 is 14.6 Å². The van der Waals surface area contributed by atoms with E-state index in [1.807, 2.05) is 0 Å². The number of aliphatic hydroxyl groups is 1. The number of hydrogen-bond acceptors (Lipinski definition) is 4. The standard InChI is InChI=1S/C12H20O4/c1-15-10(13)11(5-3-2-4-6-11)12(14)7-8-16-9-12/h14H,2-9H2,1H3. The van der Waals surface area contributed by atoms with E-state index in [1.54, 1.807) is 0 Å². The Bertz CT molecular complexity index is 262. The van der Waals surface area contributed by atoms with E-state index in [-0.39, 0.29) is 12.6 Å². The monoisotopic (exact) mass is 228 g/mol. The Hall–Kier alpha value is -0.610. The molecule has 4 nitrogen and oxygen atoms in total. The zero-order chi connectivity index (χ0) is 11.6. The number of hydrogen-bond donors (Lipinski definition) is 1. The highest BCUT2D eigenvalue weighted by atomic mass is 16.5. The molecule has 1 saturated heterocycles. The molecular formula is C12H20O4. The average Bonchev–Trinajstić information content (AvgIpc) is 2.77. The maximum Gasteiger partial charge on any atom is 0.314 e. The zero-order valence-electron chi connectivity index (χ0n) is 9.83. The molecule has 1 N–H and O–H groups in total. The lowest BCUT2D eigenvalue weighted by Crippen LogP contribution is -2.55. The summed E-state index contributed by atoms with van der Waals surface area (Å²) >= 11 is 0. The number of carbonyl (C=O) groups excluding carboxylic acids is 1. The van der Waals surface area contributed by atoms with Crippen molar-refractivity contribution < 1.29 is 19.4 Å². The number of ether oxygens (including phenoxy) is 2. The first kappa shape index (κ1) is 11.9. The van der Waals surface area contributed by atoms with Gasteiger partial charge in [-0.15, -0.1) is 0 Å². The topological polar surface area (TPSA) is 55.8 Å².